The van der Waals surface area contributed by atoms with Crippen LogP contribution in [-0.4, -0.2) is 17.1 Å². The maximum absolute atomic E-state index is 10.4. The van der Waals surface area contributed by atoms with E-state index in [4.69, 9.17) is 4.18 Å². The van der Waals surface area contributed by atoms with Crippen molar-refractivity contribution >= 4 is 11.1 Å². The van der Waals surface area contributed by atoms with Crippen LogP contribution in [0.2, 0.25) is 0 Å². The van der Waals surface area contributed by atoms with Gasteiger partial charge in [-0.05, 0) is 6.42 Å². The van der Waals surface area contributed by atoms with Crippen molar-refractivity contribution in [3.05, 3.63) is 0 Å². The molecule has 1 atom stereocenters. The van der Waals surface area contributed by atoms with Crippen molar-refractivity contribution in [3.8, 4) is 0 Å². The predicted molar refractivity (Wildman–Crippen MR) is 44.2 cm³/mol. The Labute approximate surface area is 65.6 Å². The van der Waals surface area contributed by atoms with Crippen LogP contribution >= 0.6 is 0 Å². The van der Waals surface area contributed by atoms with Crippen LogP contribution in [-0.2, 0) is 15.3 Å². The van der Waals surface area contributed by atoms with Gasteiger partial charge in [0.2, 0.25) is 0 Å². The minimum atomic E-state index is -1.07. The van der Waals surface area contributed by atoms with E-state index in [1.165, 1.54) is 19.3 Å². The number of unbranched alkanes of at least 4 members (excludes halogenated alkanes) is 3. The monoisotopic (exact) mass is 164 g/mol. The standard InChI is InChI=1S/C7H16O2S/c1-3-4-5-6-7-9-10(2)8/h3-7H2,1-2H3. The molecule has 0 heterocycles. The summed E-state index contributed by atoms with van der Waals surface area (Å²) in [6, 6.07) is 0. The van der Waals surface area contributed by atoms with E-state index in [2.05, 4.69) is 6.92 Å². The van der Waals surface area contributed by atoms with Crippen LogP contribution in [0.3, 0.4) is 0 Å². The second-order valence-electron chi connectivity index (χ2n) is 2.28. The Morgan fingerprint density at radius 1 is 1.30 bits per heavy atom. The normalized spacial score (nSPS) is 13.4. The third kappa shape index (κ3) is 8.11. The van der Waals surface area contributed by atoms with Crippen LogP contribution in [0.5, 0.6) is 0 Å². The van der Waals surface area contributed by atoms with Crippen LogP contribution in [0.15, 0.2) is 0 Å². The molecule has 0 aromatic rings. The zero-order chi connectivity index (χ0) is 7.82. The maximum atomic E-state index is 10.4. The Hall–Kier alpha value is 0.110. The van der Waals surface area contributed by atoms with E-state index in [0.717, 1.165) is 6.42 Å². The van der Waals surface area contributed by atoms with Gasteiger partial charge in [0.1, 0.15) is 0 Å². The van der Waals surface area contributed by atoms with E-state index in [1.54, 1.807) is 6.26 Å². The SMILES string of the molecule is CCCCCCOS(C)=O. The van der Waals surface area contributed by atoms with Crippen molar-refractivity contribution in [3.63, 3.8) is 0 Å². The highest BCUT2D eigenvalue weighted by molar-refractivity contribution is 7.79. The van der Waals surface area contributed by atoms with E-state index < -0.39 is 11.1 Å². The Kier molecular flexibility index (Phi) is 7.30. The third-order valence-corrected chi connectivity index (χ3v) is 1.75. The molecule has 3 heteroatoms. The fourth-order valence-corrected chi connectivity index (χ4v) is 1.06. The van der Waals surface area contributed by atoms with Crippen molar-refractivity contribution in [1.29, 1.82) is 0 Å². The van der Waals surface area contributed by atoms with Gasteiger partial charge in [0.05, 0.1) is 6.61 Å². The second kappa shape index (κ2) is 7.22. The van der Waals surface area contributed by atoms with Crippen LogP contribution < -0.4 is 0 Å². The molecule has 62 valence electrons. The van der Waals surface area contributed by atoms with Gasteiger partial charge in [-0.15, -0.1) is 0 Å². The average Bonchev–Trinajstić information content (AvgIpc) is 1.87. The molecule has 2 nitrogen and oxygen atoms in total. The Morgan fingerprint density at radius 2 is 2.00 bits per heavy atom. The van der Waals surface area contributed by atoms with Crippen molar-refractivity contribution in [2.75, 3.05) is 12.9 Å². The first-order valence-corrected chi connectivity index (χ1v) is 5.22. The molecule has 0 saturated heterocycles. The Balaban J connectivity index is 2.84. The largest absolute Gasteiger partial charge is 0.291 e. The van der Waals surface area contributed by atoms with Crippen LogP contribution in [0.4, 0.5) is 0 Å². The molecule has 0 aliphatic rings. The summed E-state index contributed by atoms with van der Waals surface area (Å²) in [5.74, 6) is 0. The Bertz CT molecular complexity index is 93.6. The average molecular weight is 164 g/mol. The molecule has 0 rings (SSSR count). The number of hydrogen-bond acceptors (Lipinski definition) is 2. The summed E-state index contributed by atoms with van der Waals surface area (Å²) in [5.41, 5.74) is 0. The molecule has 0 aliphatic carbocycles. The topological polar surface area (TPSA) is 26.3 Å². The van der Waals surface area contributed by atoms with Crippen molar-refractivity contribution in [1.82, 2.24) is 0 Å². The molecule has 10 heavy (non-hydrogen) atoms. The number of rotatable bonds is 6. The fraction of sp³-hybridized carbons (Fsp3) is 1.00. The van der Waals surface area contributed by atoms with Crippen LogP contribution in [0, 0.1) is 0 Å². The highest BCUT2D eigenvalue weighted by Crippen LogP contribution is 1.98. The molecule has 0 amide bonds. The van der Waals surface area contributed by atoms with Gasteiger partial charge < -0.3 is 0 Å². The molecule has 0 spiro atoms. The van der Waals surface area contributed by atoms with Gasteiger partial charge in [-0.25, -0.2) is 4.21 Å². The van der Waals surface area contributed by atoms with Crippen LogP contribution in [0.25, 0.3) is 0 Å². The smallest absolute Gasteiger partial charge is 0.152 e. The van der Waals surface area contributed by atoms with Gasteiger partial charge in [-0.3, -0.25) is 4.18 Å². The quantitative estimate of drug-likeness (QED) is 0.560. The zero-order valence-electron chi connectivity index (χ0n) is 6.76. The molecule has 0 aliphatic heterocycles. The van der Waals surface area contributed by atoms with Gasteiger partial charge in [0.15, 0.2) is 11.1 Å². The van der Waals surface area contributed by atoms with E-state index >= 15 is 0 Å². The summed E-state index contributed by atoms with van der Waals surface area (Å²) >= 11 is -1.07. The zero-order valence-corrected chi connectivity index (χ0v) is 7.58. The van der Waals surface area contributed by atoms with Gasteiger partial charge in [-0.2, -0.15) is 0 Å². The van der Waals surface area contributed by atoms with Crippen LogP contribution in [0.1, 0.15) is 32.6 Å². The lowest BCUT2D eigenvalue weighted by Crippen LogP contribution is -1.96. The molecule has 0 aromatic carbocycles. The summed E-state index contributed by atoms with van der Waals surface area (Å²) in [6.07, 6.45) is 6.26. The molecule has 1 unspecified atom stereocenters. The fourth-order valence-electron chi connectivity index (χ4n) is 0.705. The lowest BCUT2D eigenvalue weighted by molar-refractivity contribution is 0.335. The first-order chi connectivity index (χ1) is 4.77. The van der Waals surface area contributed by atoms with E-state index in [0.29, 0.717) is 6.61 Å². The lowest BCUT2D eigenvalue weighted by Gasteiger charge is -1.97. The minimum Gasteiger partial charge on any atom is -0.291 e. The van der Waals surface area contributed by atoms with E-state index in [9.17, 15) is 4.21 Å². The summed E-state index contributed by atoms with van der Waals surface area (Å²) in [6.45, 7) is 2.81. The van der Waals surface area contributed by atoms with Gasteiger partial charge in [-0.1, -0.05) is 26.2 Å². The van der Waals surface area contributed by atoms with E-state index in [-0.39, 0.29) is 0 Å². The maximum Gasteiger partial charge on any atom is 0.152 e. The number of hydrogen-bond donors (Lipinski definition) is 0. The Morgan fingerprint density at radius 3 is 2.50 bits per heavy atom. The summed E-state index contributed by atoms with van der Waals surface area (Å²) in [4.78, 5) is 0. The molecule has 0 radical (unpaired) electrons. The van der Waals surface area contributed by atoms with Crippen molar-refractivity contribution in [2.45, 2.75) is 32.6 Å². The molecule has 0 N–H and O–H groups in total. The van der Waals surface area contributed by atoms with Crippen molar-refractivity contribution in [2.24, 2.45) is 0 Å². The summed E-state index contributed by atoms with van der Waals surface area (Å²) in [7, 11) is 0. The van der Waals surface area contributed by atoms with Gasteiger partial charge in [0.25, 0.3) is 0 Å². The third-order valence-electron chi connectivity index (χ3n) is 1.25. The van der Waals surface area contributed by atoms with Gasteiger partial charge >= 0.3 is 0 Å². The summed E-state index contributed by atoms with van der Waals surface area (Å²) < 4.78 is 15.2. The van der Waals surface area contributed by atoms with Gasteiger partial charge in [0, 0.05) is 6.26 Å². The highest BCUT2D eigenvalue weighted by atomic mass is 32.2. The molecule has 0 saturated carbocycles. The summed E-state index contributed by atoms with van der Waals surface area (Å²) in [5, 5.41) is 0. The first kappa shape index (κ1) is 10.1. The first-order valence-electron chi connectivity index (χ1n) is 3.74. The highest BCUT2D eigenvalue weighted by Gasteiger charge is 1.90. The molecule has 0 fully saturated rings. The minimum absolute atomic E-state index is 0.642. The molecular weight excluding hydrogens is 148 g/mol. The van der Waals surface area contributed by atoms with Crippen molar-refractivity contribution < 1.29 is 8.39 Å². The second-order valence-corrected chi connectivity index (χ2v) is 3.32. The molecular formula is C7H16O2S. The molecule has 0 bridgehead atoms. The molecule has 0 aromatic heterocycles. The predicted octanol–water partition coefficient (Wildman–Crippen LogP) is 1.88. The lowest BCUT2D eigenvalue weighted by atomic mass is 10.2. The van der Waals surface area contributed by atoms with E-state index in [1.807, 2.05) is 0 Å².